The molecule has 0 aliphatic heterocycles. The van der Waals surface area contributed by atoms with Gasteiger partial charge in [-0.15, -0.1) is 0 Å². The lowest BCUT2D eigenvalue weighted by molar-refractivity contribution is -0.0826. The van der Waals surface area contributed by atoms with Gasteiger partial charge >= 0.3 is 0 Å². The topological polar surface area (TPSA) is 130 Å². The highest BCUT2D eigenvalue weighted by Crippen LogP contribution is 2.09. The minimum absolute atomic E-state index is 0.0329. The van der Waals surface area contributed by atoms with Crippen molar-refractivity contribution >= 4 is 23.3 Å². The third-order valence-electron chi connectivity index (χ3n) is 3.72. The van der Waals surface area contributed by atoms with Gasteiger partial charge in [0.25, 0.3) is 0 Å². The minimum atomic E-state index is -1.65. The average molecular weight is 372 g/mol. The van der Waals surface area contributed by atoms with E-state index in [1.165, 1.54) is 13.1 Å². The zero-order chi connectivity index (χ0) is 19.6. The number of para-hydroxylation sites is 2. The van der Waals surface area contributed by atoms with E-state index in [2.05, 4.69) is 21.1 Å². The maximum Gasteiger partial charge on any atom is 0.128 e. The minimum Gasteiger partial charge on any atom is -0.391 e. The molecule has 0 aliphatic rings. The van der Waals surface area contributed by atoms with Gasteiger partial charge in [-0.2, -0.15) is 10.2 Å². The van der Waals surface area contributed by atoms with Crippen molar-refractivity contribution in [2.45, 2.75) is 31.3 Å². The average Bonchev–Trinajstić information content (AvgIpc) is 2.70. The van der Waals surface area contributed by atoms with Gasteiger partial charge in [0.05, 0.1) is 23.7 Å². The zero-order valence-corrected chi connectivity index (χ0v) is 14.8. The van der Waals surface area contributed by atoms with E-state index in [1.54, 1.807) is 24.3 Å². The smallest absolute Gasteiger partial charge is 0.128 e. The molecular weight excluding hydrogens is 348 g/mol. The molecule has 8 heteroatoms. The second-order valence-corrected chi connectivity index (χ2v) is 5.92. The van der Waals surface area contributed by atoms with Crippen molar-refractivity contribution in [3.05, 3.63) is 60.7 Å². The number of rotatable bonds is 9. The van der Waals surface area contributed by atoms with Gasteiger partial charge in [0.15, 0.2) is 0 Å². The highest BCUT2D eigenvalue weighted by molar-refractivity contribution is 6.33. The Balaban J connectivity index is 2.16. The summed E-state index contributed by atoms with van der Waals surface area (Å²) >= 11 is 0. The Kier molecular flexibility index (Phi) is 7.90. The zero-order valence-electron chi connectivity index (χ0n) is 14.8. The molecule has 2 aromatic rings. The van der Waals surface area contributed by atoms with Crippen LogP contribution in [0.4, 0.5) is 11.4 Å². The van der Waals surface area contributed by atoms with Gasteiger partial charge in [-0.3, -0.25) is 10.9 Å². The molecule has 0 saturated carbocycles. The van der Waals surface area contributed by atoms with Crippen molar-refractivity contribution in [1.82, 2.24) is 0 Å². The molecule has 2 aromatic carbocycles. The van der Waals surface area contributed by atoms with Crippen molar-refractivity contribution in [2.24, 2.45) is 10.2 Å². The monoisotopic (exact) mass is 372 g/mol. The number of hydrazone groups is 2. The van der Waals surface area contributed by atoms with E-state index in [9.17, 15) is 20.4 Å². The van der Waals surface area contributed by atoms with Crippen LogP contribution in [0.5, 0.6) is 0 Å². The number of aliphatic hydroxyl groups is 4. The van der Waals surface area contributed by atoms with E-state index in [0.29, 0.717) is 5.69 Å². The van der Waals surface area contributed by atoms with Gasteiger partial charge in [-0.25, -0.2) is 0 Å². The molecule has 0 bridgehead atoms. The second kappa shape index (κ2) is 10.4. The van der Waals surface area contributed by atoms with Crippen LogP contribution in [0.1, 0.15) is 6.92 Å². The summed E-state index contributed by atoms with van der Waals surface area (Å²) in [6.45, 7) is 1.31. The molecule has 0 aliphatic carbocycles. The van der Waals surface area contributed by atoms with E-state index in [0.717, 1.165) is 5.69 Å². The number of benzene rings is 2. The summed E-state index contributed by atoms with van der Waals surface area (Å²) in [6.07, 6.45) is -4.77. The van der Waals surface area contributed by atoms with Gasteiger partial charge < -0.3 is 20.4 Å². The van der Waals surface area contributed by atoms with Crippen LogP contribution in [0.2, 0.25) is 0 Å². The van der Waals surface area contributed by atoms with Gasteiger partial charge in [-0.05, 0) is 31.2 Å². The third kappa shape index (κ3) is 6.46. The molecule has 0 heterocycles. The highest BCUT2D eigenvalue weighted by Gasteiger charge is 2.31. The molecular formula is C19H24N4O4. The molecule has 27 heavy (non-hydrogen) atoms. The lowest BCUT2D eigenvalue weighted by Crippen LogP contribution is -2.47. The first-order valence-electron chi connectivity index (χ1n) is 8.44. The maximum atomic E-state index is 10.4. The standard InChI is InChI=1S/C19H24N4O4/c1-13(24)17(25)19(27)18(26)16(23-22-15-10-6-3-7-11-15)12-20-21-14-8-4-2-5-9-14/h2-13,17-19,21-22,24-27H,1H3. The lowest BCUT2D eigenvalue weighted by atomic mass is 10.0. The van der Waals surface area contributed by atoms with E-state index in [-0.39, 0.29) is 5.71 Å². The number of hydrogen-bond acceptors (Lipinski definition) is 8. The predicted molar refractivity (Wildman–Crippen MR) is 106 cm³/mol. The molecule has 0 aromatic heterocycles. The first-order valence-corrected chi connectivity index (χ1v) is 8.44. The molecule has 0 amide bonds. The Morgan fingerprint density at radius 3 is 1.85 bits per heavy atom. The fourth-order valence-electron chi connectivity index (χ4n) is 2.15. The van der Waals surface area contributed by atoms with Crippen LogP contribution in [0.25, 0.3) is 0 Å². The molecule has 0 saturated heterocycles. The molecule has 8 nitrogen and oxygen atoms in total. The second-order valence-electron chi connectivity index (χ2n) is 5.92. The molecule has 144 valence electrons. The molecule has 4 atom stereocenters. The van der Waals surface area contributed by atoms with Crippen LogP contribution in [0.3, 0.4) is 0 Å². The maximum absolute atomic E-state index is 10.4. The van der Waals surface area contributed by atoms with Gasteiger partial charge in [0.1, 0.15) is 24.0 Å². The predicted octanol–water partition coefficient (Wildman–Crippen LogP) is 1.02. The highest BCUT2D eigenvalue weighted by atomic mass is 16.4. The van der Waals surface area contributed by atoms with Gasteiger partial charge in [0, 0.05) is 0 Å². The van der Waals surface area contributed by atoms with Crippen LogP contribution >= 0.6 is 0 Å². The largest absolute Gasteiger partial charge is 0.391 e. The molecule has 6 N–H and O–H groups in total. The number of nitrogens with one attached hydrogen (secondary N) is 2. The Morgan fingerprint density at radius 1 is 0.815 bits per heavy atom. The Labute approximate surface area is 157 Å². The van der Waals surface area contributed by atoms with E-state index < -0.39 is 24.4 Å². The van der Waals surface area contributed by atoms with Crippen LogP contribution in [-0.4, -0.2) is 56.8 Å². The van der Waals surface area contributed by atoms with Crippen molar-refractivity contribution in [2.75, 3.05) is 10.9 Å². The molecule has 2 rings (SSSR count). The SMILES string of the molecule is CC(O)C(O)C(O)C(O)C(C=NNc1ccccc1)=NNc1ccccc1. The number of hydrogen-bond donors (Lipinski definition) is 6. The molecule has 4 unspecified atom stereocenters. The van der Waals surface area contributed by atoms with E-state index in [1.807, 2.05) is 36.4 Å². The fourth-order valence-corrected chi connectivity index (χ4v) is 2.15. The third-order valence-corrected chi connectivity index (χ3v) is 3.72. The van der Waals surface area contributed by atoms with E-state index in [4.69, 9.17) is 0 Å². The van der Waals surface area contributed by atoms with Crippen LogP contribution in [-0.2, 0) is 0 Å². The lowest BCUT2D eigenvalue weighted by Gasteiger charge is -2.24. The fraction of sp³-hybridized carbons (Fsp3) is 0.263. The molecule has 0 fully saturated rings. The first kappa shape index (κ1) is 20.5. The Hall–Kier alpha value is -2.78. The molecule has 0 spiro atoms. The summed E-state index contributed by atoms with van der Waals surface area (Å²) in [7, 11) is 0. The summed E-state index contributed by atoms with van der Waals surface area (Å²) < 4.78 is 0. The van der Waals surface area contributed by atoms with Crippen molar-refractivity contribution < 1.29 is 20.4 Å². The first-order chi connectivity index (χ1) is 13.0. The van der Waals surface area contributed by atoms with Crippen molar-refractivity contribution in [1.29, 1.82) is 0 Å². The summed E-state index contributed by atoms with van der Waals surface area (Å²) in [5, 5.41) is 47.8. The number of anilines is 2. The van der Waals surface area contributed by atoms with Crippen LogP contribution in [0, 0.1) is 0 Å². The summed E-state index contributed by atoms with van der Waals surface area (Å²) in [5.41, 5.74) is 6.88. The van der Waals surface area contributed by atoms with Gasteiger partial charge in [0.2, 0.25) is 0 Å². The number of nitrogens with zero attached hydrogens (tertiary/aromatic N) is 2. The molecule has 0 radical (unpaired) electrons. The quantitative estimate of drug-likeness (QED) is 0.288. The van der Waals surface area contributed by atoms with Crippen molar-refractivity contribution in [3.63, 3.8) is 0 Å². The summed E-state index contributed by atoms with van der Waals surface area (Å²) in [5.74, 6) is 0. The normalized spacial score (nSPS) is 16.6. The Bertz CT molecular complexity index is 738. The summed E-state index contributed by atoms with van der Waals surface area (Å²) in [6, 6.07) is 18.2. The van der Waals surface area contributed by atoms with Crippen LogP contribution < -0.4 is 10.9 Å². The summed E-state index contributed by atoms with van der Waals surface area (Å²) in [4.78, 5) is 0. The number of aliphatic hydroxyl groups excluding tert-OH is 4. The van der Waals surface area contributed by atoms with Gasteiger partial charge in [-0.1, -0.05) is 36.4 Å². The van der Waals surface area contributed by atoms with E-state index >= 15 is 0 Å². The Morgan fingerprint density at radius 2 is 1.33 bits per heavy atom. The van der Waals surface area contributed by atoms with Crippen molar-refractivity contribution in [3.8, 4) is 0 Å². The van der Waals surface area contributed by atoms with Crippen LogP contribution in [0.15, 0.2) is 70.9 Å².